The topological polar surface area (TPSA) is 36.3 Å². The van der Waals surface area contributed by atoms with Gasteiger partial charge in [0, 0.05) is 18.2 Å². The second-order valence-corrected chi connectivity index (χ2v) is 7.12. The molecule has 3 nitrogen and oxygen atoms in total. The molecule has 0 radical (unpaired) electrons. The fraction of sp³-hybridized carbons (Fsp3) is 0.409. The van der Waals surface area contributed by atoms with Crippen molar-refractivity contribution < 1.29 is 22.3 Å². The van der Waals surface area contributed by atoms with Crippen molar-refractivity contribution in [3.8, 4) is 6.07 Å². The summed E-state index contributed by atoms with van der Waals surface area (Å²) < 4.78 is 56.3. The van der Waals surface area contributed by atoms with Gasteiger partial charge >= 0.3 is 6.18 Å². The van der Waals surface area contributed by atoms with Crippen molar-refractivity contribution in [1.82, 2.24) is 0 Å². The Labute approximate surface area is 167 Å². The Balaban J connectivity index is 1.79. The number of nitrogens with zero attached hydrogens (tertiary/aromatic N) is 2. The van der Waals surface area contributed by atoms with Crippen LogP contribution >= 0.6 is 0 Å². The van der Waals surface area contributed by atoms with E-state index in [2.05, 4.69) is 11.0 Å². The van der Waals surface area contributed by atoms with Crippen LogP contribution in [-0.4, -0.2) is 32.5 Å². The van der Waals surface area contributed by atoms with Gasteiger partial charge in [-0.15, -0.1) is 0 Å². The molecule has 1 aliphatic rings. The van der Waals surface area contributed by atoms with E-state index in [0.29, 0.717) is 18.7 Å². The zero-order chi connectivity index (χ0) is 20.9. The number of benzene rings is 2. The van der Waals surface area contributed by atoms with Crippen LogP contribution in [0.15, 0.2) is 48.5 Å². The van der Waals surface area contributed by atoms with Gasteiger partial charge in [-0.2, -0.15) is 18.4 Å². The molecule has 1 unspecified atom stereocenters. The van der Waals surface area contributed by atoms with Crippen LogP contribution in [0.3, 0.4) is 0 Å². The van der Waals surface area contributed by atoms with Gasteiger partial charge in [0.15, 0.2) is 0 Å². The number of alkyl halides is 4. The van der Waals surface area contributed by atoms with Crippen molar-refractivity contribution >= 4 is 5.69 Å². The molecule has 0 aliphatic carbocycles. The smallest absolute Gasteiger partial charge is 0.377 e. The van der Waals surface area contributed by atoms with E-state index in [1.54, 1.807) is 24.3 Å². The molecular formula is C22H22F4N2O. The summed E-state index contributed by atoms with van der Waals surface area (Å²) in [5.74, 6) is 0.0744. The third kappa shape index (κ3) is 5.27. The van der Waals surface area contributed by atoms with Gasteiger partial charge in [0.05, 0.1) is 36.5 Å². The third-order valence-electron chi connectivity index (χ3n) is 5.28. The van der Waals surface area contributed by atoms with Gasteiger partial charge in [-0.1, -0.05) is 12.1 Å². The molecule has 3 rings (SSSR count). The van der Waals surface area contributed by atoms with Crippen LogP contribution in [0.4, 0.5) is 23.2 Å². The molecule has 29 heavy (non-hydrogen) atoms. The maximum Gasteiger partial charge on any atom is 0.416 e. The van der Waals surface area contributed by atoms with Crippen molar-refractivity contribution in [1.29, 1.82) is 5.26 Å². The van der Waals surface area contributed by atoms with Crippen LogP contribution in [0.5, 0.6) is 0 Å². The number of halogens is 4. The standard InChI is InChI=1S/C22H22F4N2O/c23-11-12-29-15-21-10-5-18(17-3-6-19(7-4-17)22(24,25)26)14-28(21)20-8-1-16(13-27)2-9-20/h1-4,6-9,18,21H,5,10-12,14-15H2/t18?,21-/m0/s1. The highest BCUT2D eigenvalue weighted by Gasteiger charge is 2.32. The summed E-state index contributed by atoms with van der Waals surface area (Å²) in [6, 6.07) is 14.6. The Hall–Kier alpha value is -2.59. The van der Waals surface area contributed by atoms with E-state index in [-0.39, 0.29) is 18.6 Å². The van der Waals surface area contributed by atoms with Gasteiger partial charge in [-0.05, 0) is 54.8 Å². The first kappa shape index (κ1) is 21.1. The number of ether oxygens (including phenoxy) is 1. The zero-order valence-corrected chi connectivity index (χ0v) is 15.8. The largest absolute Gasteiger partial charge is 0.416 e. The van der Waals surface area contributed by atoms with E-state index in [9.17, 15) is 17.6 Å². The highest BCUT2D eigenvalue weighted by atomic mass is 19.4. The molecule has 1 aliphatic heterocycles. The Morgan fingerprint density at radius 2 is 1.72 bits per heavy atom. The van der Waals surface area contributed by atoms with Crippen molar-refractivity contribution in [2.75, 3.05) is 31.3 Å². The van der Waals surface area contributed by atoms with E-state index < -0.39 is 18.4 Å². The summed E-state index contributed by atoms with van der Waals surface area (Å²) >= 11 is 0. The fourth-order valence-corrected chi connectivity index (χ4v) is 3.73. The minimum Gasteiger partial charge on any atom is -0.377 e. The molecule has 1 saturated heterocycles. The molecular weight excluding hydrogens is 384 g/mol. The lowest BCUT2D eigenvalue weighted by Crippen LogP contribution is -2.45. The lowest BCUT2D eigenvalue weighted by molar-refractivity contribution is -0.137. The summed E-state index contributed by atoms with van der Waals surface area (Å²) in [5, 5.41) is 9.01. The Morgan fingerprint density at radius 1 is 1.03 bits per heavy atom. The van der Waals surface area contributed by atoms with Gasteiger partial charge in [0.25, 0.3) is 0 Å². The van der Waals surface area contributed by atoms with Gasteiger partial charge in [0.1, 0.15) is 6.67 Å². The van der Waals surface area contributed by atoms with Crippen LogP contribution in [0.2, 0.25) is 0 Å². The van der Waals surface area contributed by atoms with Gasteiger partial charge < -0.3 is 9.64 Å². The number of hydrogen-bond donors (Lipinski definition) is 0. The predicted molar refractivity (Wildman–Crippen MR) is 103 cm³/mol. The number of piperidine rings is 1. The van der Waals surface area contributed by atoms with Crippen molar-refractivity contribution in [3.05, 3.63) is 65.2 Å². The summed E-state index contributed by atoms with van der Waals surface area (Å²) in [5.41, 5.74) is 1.67. The molecule has 2 aromatic carbocycles. The minimum absolute atomic E-state index is 0.0417. The van der Waals surface area contributed by atoms with Crippen LogP contribution in [0.1, 0.15) is 35.4 Å². The van der Waals surface area contributed by atoms with Gasteiger partial charge in [-0.3, -0.25) is 0 Å². The number of anilines is 1. The maximum atomic E-state index is 12.8. The van der Waals surface area contributed by atoms with Crippen molar-refractivity contribution in [2.45, 2.75) is 31.0 Å². The molecule has 1 fully saturated rings. The predicted octanol–water partition coefficient (Wildman–Crippen LogP) is 5.32. The fourth-order valence-electron chi connectivity index (χ4n) is 3.73. The van der Waals surface area contributed by atoms with Crippen LogP contribution in [0, 0.1) is 11.3 Å². The second kappa shape index (κ2) is 9.27. The average Bonchev–Trinajstić information content (AvgIpc) is 2.74. The molecule has 2 atom stereocenters. The Kier molecular flexibility index (Phi) is 6.75. The van der Waals surface area contributed by atoms with E-state index in [1.807, 2.05) is 12.1 Å². The minimum atomic E-state index is -4.35. The average molecular weight is 406 g/mol. The van der Waals surface area contributed by atoms with Gasteiger partial charge in [0.2, 0.25) is 0 Å². The van der Waals surface area contributed by atoms with E-state index >= 15 is 0 Å². The normalized spacial score (nSPS) is 19.8. The van der Waals surface area contributed by atoms with Crippen molar-refractivity contribution in [2.24, 2.45) is 0 Å². The first-order valence-corrected chi connectivity index (χ1v) is 9.50. The Bertz CT molecular complexity index is 828. The number of hydrogen-bond acceptors (Lipinski definition) is 3. The summed E-state index contributed by atoms with van der Waals surface area (Å²) in [6.07, 6.45) is -2.77. The SMILES string of the molecule is N#Cc1ccc(N2CC(c3ccc(C(F)(F)F)cc3)CC[C@H]2COCCF)cc1. The summed E-state index contributed by atoms with van der Waals surface area (Å²) in [7, 11) is 0. The highest BCUT2D eigenvalue weighted by Crippen LogP contribution is 2.35. The van der Waals surface area contributed by atoms with Gasteiger partial charge in [-0.25, -0.2) is 4.39 Å². The monoisotopic (exact) mass is 406 g/mol. The molecule has 2 aromatic rings. The second-order valence-electron chi connectivity index (χ2n) is 7.12. The first-order valence-electron chi connectivity index (χ1n) is 9.50. The zero-order valence-electron chi connectivity index (χ0n) is 15.8. The quantitative estimate of drug-likeness (QED) is 0.482. The molecule has 1 heterocycles. The van der Waals surface area contributed by atoms with E-state index in [1.165, 1.54) is 0 Å². The summed E-state index contributed by atoms with van der Waals surface area (Å²) in [4.78, 5) is 2.14. The lowest BCUT2D eigenvalue weighted by atomic mass is 9.86. The van der Waals surface area contributed by atoms with Crippen LogP contribution < -0.4 is 4.90 Å². The summed E-state index contributed by atoms with van der Waals surface area (Å²) in [6.45, 7) is 0.488. The van der Waals surface area contributed by atoms with E-state index in [0.717, 1.165) is 36.2 Å². The van der Waals surface area contributed by atoms with Crippen molar-refractivity contribution in [3.63, 3.8) is 0 Å². The molecule has 0 N–H and O–H groups in total. The van der Waals surface area contributed by atoms with Crippen LogP contribution in [0.25, 0.3) is 0 Å². The molecule has 0 spiro atoms. The number of rotatable bonds is 6. The number of nitriles is 1. The first-order chi connectivity index (χ1) is 13.9. The Morgan fingerprint density at radius 3 is 2.31 bits per heavy atom. The molecule has 0 bridgehead atoms. The molecule has 0 amide bonds. The molecule has 154 valence electrons. The van der Waals surface area contributed by atoms with Crippen LogP contribution in [-0.2, 0) is 10.9 Å². The molecule has 0 saturated carbocycles. The van der Waals surface area contributed by atoms with E-state index in [4.69, 9.17) is 10.00 Å². The molecule has 7 heteroatoms. The highest BCUT2D eigenvalue weighted by molar-refractivity contribution is 5.51. The lowest BCUT2D eigenvalue weighted by Gasteiger charge is -2.41. The third-order valence-corrected chi connectivity index (χ3v) is 5.28. The molecule has 0 aromatic heterocycles. The maximum absolute atomic E-state index is 12.8.